The van der Waals surface area contributed by atoms with E-state index in [1.54, 1.807) is 0 Å². The monoisotopic (exact) mass is 366 g/mol. The predicted molar refractivity (Wildman–Crippen MR) is 103 cm³/mol. The third kappa shape index (κ3) is 3.45. The van der Waals surface area contributed by atoms with Crippen LogP contribution in [0.25, 0.3) is 18.5 Å². The van der Waals surface area contributed by atoms with Crippen LogP contribution in [-0.2, 0) is 0 Å². The molecule has 0 aliphatic carbocycles. The minimum Gasteiger partial charge on any atom is -0.506 e. The van der Waals surface area contributed by atoms with Crippen molar-refractivity contribution >= 4 is 24.2 Å². The Bertz CT molecular complexity index is 1210. The number of H-pyrrole nitrogens is 1. The molecule has 1 heterocycles. The van der Waals surface area contributed by atoms with Crippen LogP contribution < -0.4 is 21.4 Å². The van der Waals surface area contributed by atoms with E-state index in [2.05, 4.69) is 17.0 Å². The lowest BCUT2D eigenvalue weighted by atomic mass is 10.1. The highest BCUT2D eigenvalue weighted by Crippen LogP contribution is 2.27. The van der Waals surface area contributed by atoms with Crippen molar-refractivity contribution in [2.75, 3.05) is 5.32 Å². The van der Waals surface area contributed by atoms with Crippen LogP contribution in [-0.4, -0.2) is 19.8 Å². The average molecular weight is 366 g/mol. The third-order valence-corrected chi connectivity index (χ3v) is 4.32. The molecule has 8 nitrogen and oxygen atoms in total. The number of benzene rings is 2. The summed E-state index contributed by atoms with van der Waals surface area (Å²) in [5.74, 6) is -0.174. The first-order valence-electron chi connectivity index (χ1n) is 8.09. The van der Waals surface area contributed by atoms with Crippen molar-refractivity contribution < 1.29 is 10.0 Å². The summed E-state index contributed by atoms with van der Waals surface area (Å²) in [5.41, 5.74) is 2.43. The van der Waals surface area contributed by atoms with E-state index in [1.807, 2.05) is 32.0 Å². The molecule has 2 aromatic carbocycles. The lowest BCUT2D eigenvalue weighted by Gasteiger charge is -2.05. The molecule has 0 aliphatic heterocycles. The standard InChI is InChI=1S/C19H18N4O4/c1-11-4-5-14(8-12(11)2)22-19(25)16(13(3)21-22)10-20-17-9-15(23(26)27)6-7-18(17)24/h4-10,20-21,24H,3H2,1-2H3/b16-10+. The topological polar surface area (TPSA) is 113 Å². The van der Waals surface area contributed by atoms with Crippen molar-refractivity contribution in [3.63, 3.8) is 0 Å². The van der Waals surface area contributed by atoms with Crippen LogP contribution in [0.3, 0.4) is 0 Å². The highest BCUT2D eigenvalue weighted by molar-refractivity contribution is 5.66. The molecule has 27 heavy (non-hydrogen) atoms. The smallest absolute Gasteiger partial charge is 0.280 e. The van der Waals surface area contributed by atoms with Crippen LogP contribution in [0.5, 0.6) is 5.75 Å². The molecule has 0 saturated heterocycles. The van der Waals surface area contributed by atoms with E-state index in [4.69, 9.17) is 0 Å². The Kier molecular flexibility index (Phi) is 4.55. The molecular formula is C19H18N4O4. The van der Waals surface area contributed by atoms with Crippen molar-refractivity contribution in [2.45, 2.75) is 13.8 Å². The number of rotatable bonds is 4. The average Bonchev–Trinajstić information content (AvgIpc) is 2.90. The highest BCUT2D eigenvalue weighted by Gasteiger charge is 2.10. The van der Waals surface area contributed by atoms with Gasteiger partial charge in [0.15, 0.2) is 0 Å². The van der Waals surface area contributed by atoms with E-state index in [9.17, 15) is 20.0 Å². The van der Waals surface area contributed by atoms with Gasteiger partial charge in [-0.1, -0.05) is 12.6 Å². The van der Waals surface area contributed by atoms with E-state index in [-0.39, 0.29) is 27.9 Å². The number of nitro benzene ring substituents is 1. The molecule has 0 saturated carbocycles. The predicted octanol–water partition coefficient (Wildman–Crippen LogP) is 1.66. The molecule has 0 atom stereocenters. The fourth-order valence-corrected chi connectivity index (χ4v) is 2.59. The van der Waals surface area contributed by atoms with Crippen molar-refractivity contribution in [3.8, 4) is 11.4 Å². The Labute approximate surface area is 153 Å². The Balaban J connectivity index is 2.04. The van der Waals surface area contributed by atoms with Crippen molar-refractivity contribution in [2.24, 2.45) is 0 Å². The summed E-state index contributed by atoms with van der Waals surface area (Å²) in [6, 6.07) is 9.21. The number of aromatic hydroxyl groups is 1. The number of anilines is 1. The number of aromatic amines is 1. The van der Waals surface area contributed by atoms with Crippen molar-refractivity contribution in [1.29, 1.82) is 0 Å². The molecule has 1 aromatic heterocycles. The van der Waals surface area contributed by atoms with Crippen LogP contribution in [0.2, 0.25) is 0 Å². The van der Waals surface area contributed by atoms with E-state index >= 15 is 0 Å². The number of non-ortho nitro benzene ring substituents is 1. The largest absolute Gasteiger partial charge is 0.506 e. The zero-order valence-electron chi connectivity index (χ0n) is 14.8. The zero-order valence-corrected chi connectivity index (χ0v) is 14.8. The number of phenolic OH excluding ortho intramolecular Hbond substituents is 1. The molecule has 0 amide bonds. The second kappa shape index (κ2) is 6.83. The minimum atomic E-state index is -0.569. The Morgan fingerprint density at radius 3 is 2.63 bits per heavy atom. The Morgan fingerprint density at radius 2 is 1.96 bits per heavy atom. The summed E-state index contributed by atoms with van der Waals surface area (Å²) >= 11 is 0. The number of phenols is 1. The van der Waals surface area contributed by atoms with Crippen molar-refractivity contribution in [1.82, 2.24) is 9.78 Å². The molecule has 8 heteroatoms. The Hall–Kier alpha value is -3.81. The van der Waals surface area contributed by atoms with Gasteiger partial charge in [0.05, 0.1) is 26.9 Å². The number of nitrogens with zero attached hydrogens (tertiary/aromatic N) is 2. The normalized spacial score (nSPS) is 11.6. The van der Waals surface area contributed by atoms with E-state index in [0.717, 1.165) is 11.1 Å². The van der Waals surface area contributed by atoms with Gasteiger partial charge >= 0.3 is 0 Å². The van der Waals surface area contributed by atoms with E-state index in [1.165, 1.54) is 29.1 Å². The van der Waals surface area contributed by atoms with Crippen LogP contribution in [0.4, 0.5) is 11.4 Å². The molecule has 0 spiro atoms. The number of hydrogen-bond donors (Lipinski definition) is 3. The molecule has 3 N–H and O–H groups in total. The lowest BCUT2D eigenvalue weighted by molar-refractivity contribution is -0.384. The molecular weight excluding hydrogens is 348 g/mol. The number of aromatic nitrogens is 2. The molecule has 0 fully saturated rings. The molecule has 0 radical (unpaired) electrons. The SMILES string of the molecule is C=c1[nH]n(-c2ccc(C)c(C)c2)c(=O)/c1=C/Nc1cc([N+](=O)[O-])ccc1O. The van der Waals surface area contributed by atoms with Gasteiger partial charge in [0.25, 0.3) is 11.2 Å². The maximum Gasteiger partial charge on any atom is 0.280 e. The molecule has 138 valence electrons. The second-order valence-corrected chi connectivity index (χ2v) is 6.16. The van der Waals surface area contributed by atoms with Gasteiger partial charge < -0.3 is 10.4 Å². The van der Waals surface area contributed by atoms with Crippen molar-refractivity contribution in [3.05, 3.63) is 78.6 Å². The van der Waals surface area contributed by atoms with Crippen LogP contribution in [0.1, 0.15) is 11.1 Å². The third-order valence-electron chi connectivity index (χ3n) is 4.32. The molecule has 0 aliphatic rings. The zero-order chi connectivity index (χ0) is 19.7. The van der Waals surface area contributed by atoms with Gasteiger partial charge in [-0.2, -0.15) is 0 Å². The number of nitro groups is 1. The van der Waals surface area contributed by atoms with Gasteiger partial charge in [0.2, 0.25) is 0 Å². The minimum absolute atomic E-state index is 0.113. The maximum absolute atomic E-state index is 12.7. The lowest BCUT2D eigenvalue weighted by Crippen LogP contribution is -2.34. The fraction of sp³-hybridized carbons (Fsp3) is 0.105. The summed E-state index contributed by atoms with van der Waals surface area (Å²) in [6.07, 6.45) is 1.36. The van der Waals surface area contributed by atoms with Gasteiger partial charge in [0, 0.05) is 18.3 Å². The van der Waals surface area contributed by atoms with Gasteiger partial charge in [-0.3, -0.25) is 20.0 Å². The first-order valence-corrected chi connectivity index (χ1v) is 8.09. The fourth-order valence-electron chi connectivity index (χ4n) is 2.59. The van der Waals surface area contributed by atoms with Gasteiger partial charge in [-0.15, -0.1) is 0 Å². The van der Waals surface area contributed by atoms with E-state index in [0.29, 0.717) is 11.0 Å². The number of nitrogens with one attached hydrogen (secondary N) is 2. The summed E-state index contributed by atoms with van der Waals surface area (Å²) in [5, 5.41) is 27.0. The maximum atomic E-state index is 12.7. The first-order chi connectivity index (χ1) is 12.8. The quantitative estimate of drug-likeness (QED) is 0.369. The summed E-state index contributed by atoms with van der Waals surface area (Å²) < 4.78 is 1.37. The molecule has 0 bridgehead atoms. The molecule has 3 aromatic rings. The van der Waals surface area contributed by atoms with Gasteiger partial charge in [0.1, 0.15) is 5.75 Å². The number of aryl methyl sites for hydroxylation is 2. The van der Waals surface area contributed by atoms with Crippen LogP contribution >= 0.6 is 0 Å². The highest BCUT2D eigenvalue weighted by atomic mass is 16.6. The van der Waals surface area contributed by atoms with Gasteiger partial charge in [-0.05, 0) is 43.2 Å². The van der Waals surface area contributed by atoms with E-state index < -0.39 is 4.92 Å². The summed E-state index contributed by atoms with van der Waals surface area (Å²) in [6.45, 7) is 7.77. The molecule has 3 rings (SSSR count). The van der Waals surface area contributed by atoms with Crippen LogP contribution in [0.15, 0.2) is 41.2 Å². The Morgan fingerprint density at radius 1 is 1.22 bits per heavy atom. The number of hydrogen-bond acceptors (Lipinski definition) is 5. The van der Waals surface area contributed by atoms with Gasteiger partial charge in [-0.25, -0.2) is 4.68 Å². The molecule has 0 unspecified atom stereocenters. The van der Waals surface area contributed by atoms with Crippen LogP contribution in [0, 0.1) is 24.0 Å². The second-order valence-electron chi connectivity index (χ2n) is 6.16. The summed E-state index contributed by atoms with van der Waals surface area (Å²) in [4.78, 5) is 23.0. The summed E-state index contributed by atoms with van der Waals surface area (Å²) in [7, 11) is 0. The first kappa shape index (κ1) is 18.0.